The smallest absolute Gasteiger partial charge is 0.324 e. The van der Waals surface area contributed by atoms with Gasteiger partial charge >= 0.3 is 6.18 Å². The van der Waals surface area contributed by atoms with Crippen LogP contribution in [0.5, 0.6) is 0 Å². The molecule has 34 heavy (non-hydrogen) atoms. The summed E-state index contributed by atoms with van der Waals surface area (Å²) in [6, 6.07) is 11.0. The maximum absolute atomic E-state index is 13.0. The molecule has 2 aromatic carbocycles. The molecule has 1 atom stereocenters. The summed E-state index contributed by atoms with van der Waals surface area (Å²) < 4.78 is 66.1. The Morgan fingerprint density at radius 3 is 2.44 bits per heavy atom. The van der Waals surface area contributed by atoms with E-state index in [4.69, 9.17) is 0 Å². The van der Waals surface area contributed by atoms with Gasteiger partial charge in [-0.2, -0.15) is 17.5 Å². The molecule has 1 aliphatic rings. The molecule has 0 spiro atoms. The molecule has 3 N–H and O–H groups in total. The number of carbonyl (C=O) groups excluding carboxylic acids is 2. The first kappa shape index (κ1) is 25.7. The van der Waals surface area contributed by atoms with Crippen LogP contribution in [0.15, 0.2) is 53.4 Å². The molecule has 1 saturated heterocycles. The van der Waals surface area contributed by atoms with Crippen LogP contribution in [0.1, 0.15) is 24.0 Å². The van der Waals surface area contributed by atoms with E-state index >= 15 is 0 Å². The minimum Gasteiger partial charge on any atom is -0.324 e. The Kier molecular flexibility index (Phi) is 7.95. The fourth-order valence-corrected chi connectivity index (χ4v) is 5.11. The highest BCUT2D eigenvalue weighted by Gasteiger charge is 2.34. The molecule has 184 valence electrons. The van der Waals surface area contributed by atoms with Crippen molar-refractivity contribution < 1.29 is 31.2 Å². The molecule has 0 saturated carbocycles. The average molecular weight is 499 g/mol. The van der Waals surface area contributed by atoms with Gasteiger partial charge in [-0.1, -0.05) is 29.8 Å². The zero-order chi connectivity index (χ0) is 24.9. The number of amides is 2. The van der Waals surface area contributed by atoms with Crippen molar-refractivity contribution in [2.24, 2.45) is 5.92 Å². The number of nitrogens with one attached hydrogen (secondary N) is 3. The zero-order valence-electron chi connectivity index (χ0n) is 18.4. The molecule has 0 bridgehead atoms. The monoisotopic (exact) mass is 498 g/mol. The van der Waals surface area contributed by atoms with Crippen LogP contribution >= 0.6 is 0 Å². The number of sulfonamides is 1. The van der Waals surface area contributed by atoms with E-state index in [-0.39, 0.29) is 18.0 Å². The maximum atomic E-state index is 13.0. The Hall–Kier alpha value is -2.96. The zero-order valence-corrected chi connectivity index (χ0v) is 19.2. The maximum Gasteiger partial charge on any atom is 0.418 e. The van der Waals surface area contributed by atoms with Crippen LogP contribution in [-0.2, 0) is 25.8 Å². The van der Waals surface area contributed by atoms with E-state index in [9.17, 15) is 31.2 Å². The van der Waals surface area contributed by atoms with Crippen LogP contribution in [0.3, 0.4) is 0 Å². The summed E-state index contributed by atoms with van der Waals surface area (Å²) in [4.78, 5) is 24.7. The van der Waals surface area contributed by atoms with E-state index in [1.807, 2.05) is 6.92 Å². The van der Waals surface area contributed by atoms with Crippen LogP contribution < -0.4 is 16.2 Å². The third-order valence-corrected chi connectivity index (χ3v) is 7.26. The SMILES string of the molecule is Cc1ccc(S(=O)(=O)N2CCCC(C(=O)NNCC(=O)Nc3ccccc3C(F)(F)F)C2)cc1. The topological polar surface area (TPSA) is 108 Å². The van der Waals surface area contributed by atoms with Crippen LogP contribution in [0, 0.1) is 12.8 Å². The summed E-state index contributed by atoms with van der Waals surface area (Å²) in [6.07, 6.45) is -3.69. The number of rotatable bonds is 7. The molecule has 0 aromatic heterocycles. The van der Waals surface area contributed by atoms with Gasteiger partial charge in [-0.05, 0) is 44.0 Å². The van der Waals surface area contributed by atoms with Crippen molar-refractivity contribution in [2.45, 2.75) is 30.8 Å². The van der Waals surface area contributed by atoms with Crippen molar-refractivity contribution in [1.82, 2.24) is 15.2 Å². The number of alkyl halides is 3. The number of aryl methyl sites for hydroxylation is 1. The number of carbonyl (C=O) groups is 2. The van der Waals surface area contributed by atoms with Gasteiger partial charge in [-0.3, -0.25) is 15.0 Å². The summed E-state index contributed by atoms with van der Waals surface area (Å²) in [5.74, 6) is -1.94. The summed E-state index contributed by atoms with van der Waals surface area (Å²) in [5, 5.41) is 2.16. The molecule has 0 aliphatic carbocycles. The van der Waals surface area contributed by atoms with Crippen molar-refractivity contribution in [2.75, 3.05) is 25.0 Å². The summed E-state index contributed by atoms with van der Waals surface area (Å²) in [5.41, 5.74) is 4.28. The summed E-state index contributed by atoms with van der Waals surface area (Å²) in [6.45, 7) is 1.64. The van der Waals surface area contributed by atoms with E-state index in [1.165, 1.54) is 28.6 Å². The van der Waals surface area contributed by atoms with E-state index in [2.05, 4.69) is 16.2 Å². The Bertz CT molecular complexity index is 1140. The summed E-state index contributed by atoms with van der Waals surface area (Å²) >= 11 is 0. The Labute approximate surface area is 195 Å². The first-order valence-electron chi connectivity index (χ1n) is 10.5. The Balaban J connectivity index is 1.52. The Morgan fingerprint density at radius 1 is 1.09 bits per heavy atom. The van der Waals surface area contributed by atoms with Crippen molar-refractivity contribution in [3.05, 3.63) is 59.7 Å². The van der Waals surface area contributed by atoms with E-state index in [1.54, 1.807) is 12.1 Å². The molecule has 1 heterocycles. The number of piperidine rings is 1. The second-order valence-corrected chi connectivity index (χ2v) is 9.89. The van der Waals surface area contributed by atoms with E-state index < -0.39 is 51.7 Å². The number of nitrogens with zero attached hydrogens (tertiary/aromatic N) is 1. The number of halogens is 3. The first-order valence-corrected chi connectivity index (χ1v) is 12.0. The number of benzene rings is 2. The van der Waals surface area contributed by atoms with Crippen LogP contribution in [0.2, 0.25) is 0 Å². The number of hydrogen-bond acceptors (Lipinski definition) is 5. The van der Waals surface area contributed by atoms with Crippen LogP contribution in [0.25, 0.3) is 0 Å². The normalized spacial score (nSPS) is 17.2. The van der Waals surface area contributed by atoms with Crippen LogP contribution in [-0.4, -0.2) is 44.2 Å². The Morgan fingerprint density at radius 2 is 1.76 bits per heavy atom. The predicted octanol–water partition coefficient (Wildman–Crippen LogP) is 2.67. The van der Waals surface area contributed by atoms with Crippen molar-refractivity contribution in [3.63, 3.8) is 0 Å². The third kappa shape index (κ3) is 6.33. The molecule has 2 aromatic rings. The lowest BCUT2D eigenvalue weighted by Gasteiger charge is -2.31. The predicted molar refractivity (Wildman–Crippen MR) is 119 cm³/mol. The first-order chi connectivity index (χ1) is 16.0. The van der Waals surface area contributed by atoms with Crippen molar-refractivity contribution in [3.8, 4) is 0 Å². The van der Waals surface area contributed by atoms with Gasteiger partial charge in [0, 0.05) is 13.1 Å². The number of hydrazine groups is 1. The lowest BCUT2D eigenvalue weighted by Crippen LogP contribution is -2.49. The molecular formula is C22H25F3N4O4S. The number of anilines is 1. The largest absolute Gasteiger partial charge is 0.418 e. The quantitative estimate of drug-likeness (QED) is 0.509. The molecule has 8 nitrogen and oxygen atoms in total. The van der Waals surface area contributed by atoms with Gasteiger partial charge in [0.1, 0.15) is 0 Å². The van der Waals surface area contributed by atoms with Gasteiger partial charge in [-0.25, -0.2) is 13.8 Å². The molecule has 0 radical (unpaired) electrons. The second kappa shape index (κ2) is 10.5. The molecule has 1 aliphatic heterocycles. The van der Waals surface area contributed by atoms with Gasteiger partial charge < -0.3 is 5.32 Å². The summed E-state index contributed by atoms with van der Waals surface area (Å²) in [7, 11) is -3.75. The highest BCUT2D eigenvalue weighted by Crippen LogP contribution is 2.34. The average Bonchev–Trinajstić information content (AvgIpc) is 2.79. The minimum atomic E-state index is -4.63. The van der Waals surface area contributed by atoms with E-state index in [0.717, 1.165) is 17.7 Å². The lowest BCUT2D eigenvalue weighted by molar-refractivity contribution is -0.137. The van der Waals surface area contributed by atoms with Gasteiger partial charge in [0.05, 0.1) is 28.6 Å². The molecular weight excluding hydrogens is 473 g/mol. The third-order valence-electron chi connectivity index (χ3n) is 5.38. The standard InChI is InChI=1S/C22H25F3N4O4S/c1-15-8-10-17(11-9-15)34(32,33)29-12-4-5-16(14-29)21(31)28-26-13-20(30)27-19-7-3-2-6-18(19)22(23,24)25/h2-3,6-11,16,26H,4-5,12-14H2,1H3,(H,27,30)(H,28,31). The van der Waals surface area contributed by atoms with Crippen molar-refractivity contribution in [1.29, 1.82) is 0 Å². The lowest BCUT2D eigenvalue weighted by atomic mass is 9.99. The van der Waals surface area contributed by atoms with Gasteiger partial charge in [-0.15, -0.1) is 0 Å². The van der Waals surface area contributed by atoms with Crippen LogP contribution in [0.4, 0.5) is 18.9 Å². The van der Waals surface area contributed by atoms with E-state index in [0.29, 0.717) is 12.8 Å². The van der Waals surface area contributed by atoms with Gasteiger partial charge in [0.2, 0.25) is 21.8 Å². The molecule has 1 unspecified atom stereocenters. The highest BCUT2D eigenvalue weighted by atomic mass is 32.2. The van der Waals surface area contributed by atoms with Gasteiger partial charge in [0.25, 0.3) is 0 Å². The fourth-order valence-electron chi connectivity index (χ4n) is 3.58. The number of para-hydroxylation sites is 1. The minimum absolute atomic E-state index is 0.0190. The molecule has 1 fully saturated rings. The molecule has 2 amide bonds. The van der Waals surface area contributed by atoms with Crippen molar-refractivity contribution >= 4 is 27.5 Å². The molecule has 12 heteroatoms. The van der Waals surface area contributed by atoms with Gasteiger partial charge in [0.15, 0.2) is 0 Å². The fraction of sp³-hybridized carbons (Fsp3) is 0.364. The highest BCUT2D eigenvalue weighted by molar-refractivity contribution is 7.89. The second-order valence-electron chi connectivity index (χ2n) is 7.95. The molecule has 3 rings (SSSR count). The number of hydrogen-bond donors (Lipinski definition) is 3.